The number of anilines is 1. The zero-order valence-electron chi connectivity index (χ0n) is 13.8. The molecule has 1 aliphatic rings. The lowest BCUT2D eigenvalue weighted by Crippen LogP contribution is -2.14. The van der Waals surface area contributed by atoms with E-state index in [0.717, 1.165) is 30.8 Å². The Hall–Kier alpha value is -2.23. The Bertz CT molecular complexity index is 1000. The number of thiophene rings is 1. The second kappa shape index (κ2) is 7.18. The molecule has 0 aliphatic carbocycles. The lowest BCUT2D eigenvalue weighted by molar-refractivity contribution is 0.122. The second-order valence-electron chi connectivity index (χ2n) is 5.90. The smallest absolute Gasteiger partial charge is 0.272 e. The molecule has 26 heavy (non-hydrogen) atoms. The first-order valence-corrected chi connectivity index (χ1v) is 10.6. The number of nitrogens with zero attached hydrogens (tertiary/aromatic N) is 3. The van der Waals surface area contributed by atoms with Crippen LogP contribution in [0, 0.1) is 0 Å². The van der Waals surface area contributed by atoms with Crippen molar-refractivity contribution < 1.29 is 13.2 Å². The van der Waals surface area contributed by atoms with Gasteiger partial charge in [0.25, 0.3) is 10.0 Å². The zero-order valence-corrected chi connectivity index (χ0v) is 15.5. The number of para-hydroxylation sites is 2. The Morgan fingerprint density at radius 1 is 1.19 bits per heavy atom. The van der Waals surface area contributed by atoms with Crippen LogP contribution in [0.5, 0.6) is 0 Å². The van der Waals surface area contributed by atoms with Crippen LogP contribution in [0.25, 0.3) is 16.4 Å². The maximum absolute atomic E-state index is 12.6. The maximum atomic E-state index is 12.6. The van der Waals surface area contributed by atoms with Gasteiger partial charge >= 0.3 is 0 Å². The van der Waals surface area contributed by atoms with Gasteiger partial charge in [-0.1, -0.05) is 24.3 Å². The molecule has 0 amide bonds. The van der Waals surface area contributed by atoms with E-state index in [9.17, 15) is 8.42 Å². The van der Waals surface area contributed by atoms with Gasteiger partial charge in [-0.3, -0.25) is 4.72 Å². The van der Waals surface area contributed by atoms with Gasteiger partial charge in [0.1, 0.15) is 10.0 Å². The monoisotopic (exact) mass is 389 g/mol. The number of hydrogen-bond acceptors (Lipinski definition) is 6. The fraction of sp³-hybridized carbons (Fsp3) is 0.294. The van der Waals surface area contributed by atoms with Crippen LogP contribution < -0.4 is 4.72 Å². The molecule has 1 N–H and O–H groups in total. The molecule has 4 rings (SSSR count). The number of benzene rings is 1. The van der Waals surface area contributed by atoms with Gasteiger partial charge < -0.3 is 15.0 Å². The van der Waals surface area contributed by atoms with Crippen LogP contribution in [0.4, 0.5) is 11.6 Å². The third-order valence-corrected chi connectivity index (χ3v) is 6.75. The highest BCUT2D eigenvalue weighted by molar-refractivity contribution is 7.94. The van der Waals surface area contributed by atoms with E-state index in [1.807, 2.05) is 18.2 Å². The van der Waals surface area contributed by atoms with E-state index in [-0.39, 0.29) is 21.9 Å². The van der Waals surface area contributed by atoms with Gasteiger partial charge in [-0.15, -0.1) is 11.3 Å². The molecule has 0 spiro atoms. The first-order chi connectivity index (χ1) is 12.6. The van der Waals surface area contributed by atoms with E-state index in [1.54, 1.807) is 23.6 Å². The highest BCUT2D eigenvalue weighted by Gasteiger charge is 2.18. The van der Waals surface area contributed by atoms with E-state index >= 15 is 0 Å². The van der Waals surface area contributed by atoms with Gasteiger partial charge in [-0.25, -0.2) is 13.4 Å². The van der Waals surface area contributed by atoms with Crippen LogP contribution >= 0.6 is 11.3 Å². The van der Waals surface area contributed by atoms with E-state index < -0.39 is 10.0 Å². The predicted octanol–water partition coefficient (Wildman–Crippen LogP) is 3.68. The van der Waals surface area contributed by atoms with Gasteiger partial charge in [0.15, 0.2) is 0 Å². The highest BCUT2D eigenvalue weighted by atomic mass is 32.2. The summed E-state index contributed by atoms with van der Waals surface area (Å²) in [5, 5.41) is 6.19. The first-order valence-electron chi connectivity index (χ1n) is 8.24. The molecule has 3 aromatic rings. The van der Waals surface area contributed by atoms with E-state index in [0.29, 0.717) is 17.6 Å². The molecule has 1 saturated heterocycles. The molecule has 0 saturated carbocycles. The fourth-order valence-corrected chi connectivity index (χ4v) is 4.74. The van der Waals surface area contributed by atoms with Crippen molar-refractivity contribution in [2.75, 3.05) is 17.9 Å². The highest BCUT2D eigenvalue weighted by Crippen LogP contribution is 2.31. The average Bonchev–Trinajstić information content (AvgIpc) is 3.33. The van der Waals surface area contributed by atoms with E-state index in [2.05, 4.69) is 20.0 Å². The Balaban J connectivity index is 1.67. The van der Waals surface area contributed by atoms with Crippen LogP contribution in [0.3, 0.4) is 0 Å². The minimum absolute atomic E-state index is 0.0463. The molecule has 3 heterocycles. The molecule has 0 bridgehead atoms. The molecule has 1 fully saturated rings. The lowest BCUT2D eigenvalue weighted by Gasteiger charge is -2.22. The number of aromatic nitrogens is 2. The van der Waals surface area contributed by atoms with Gasteiger partial charge in [0.05, 0.1) is 11.6 Å². The van der Waals surface area contributed by atoms with Crippen molar-refractivity contribution in [2.45, 2.75) is 23.2 Å². The summed E-state index contributed by atoms with van der Waals surface area (Å²) in [6, 6.07) is 10.5. The Kier molecular flexibility index (Phi) is 4.75. The van der Waals surface area contributed by atoms with Gasteiger partial charge in [0, 0.05) is 6.61 Å². The molecule has 136 valence electrons. The quantitative estimate of drug-likeness (QED) is 0.694. The van der Waals surface area contributed by atoms with Crippen LogP contribution in [0.15, 0.2) is 46.0 Å². The summed E-state index contributed by atoms with van der Waals surface area (Å²) in [6.45, 7) is 1.17. The van der Waals surface area contributed by atoms with Gasteiger partial charge in [0.2, 0.25) is 0 Å². The number of hydrogen-bond donors (Lipinski definition) is 1. The van der Waals surface area contributed by atoms with Crippen molar-refractivity contribution in [3.05, 3.63) is 47.1 Å². The van der Waals surface area contributed by atoms with Crippen molar-refractivity contribution in [1.29, 1.82) is 0 Å². The van der Waals surface area contributed by atoms with Gasteiger partial charge in [-0.2, -0.15) is 0 Å². The third kappa shape index (κ3) is 3.64. The number of fused-ring (bicyclic) bond motifs is 1. The number of sulfonamides is 1. The lowest BCUT2D eigenvalue weighted by atomic mass is 10.2. The Labute approximate surface area is 155 Å². The normalized spacial score (nSPS) is 17.5. The Morgan fingerprint density at radius 2 is 2.00 bits per heavy atom. The number of nitrogens with one attached hydrogen (secondary N) is 1. The maximum Gasteiger partial charge on any atom is 0.272 e. The molecular formula is C17H17N4O3S2-. The van der Waals surface area contributed by atoms with Crippen molar-refractivity contribution in [1.82, 2.24) is 9.97 Å². The summed E-state index contributed by atoms with van der Waals surface area (Å²) in [5.74, 6) is 0.412. The number of ether oxygens (including phenoxy) is 1. The molecule has 1 atom stereocenters. The summed E-state index contributed by atoms with van der Waals surface area (Å²) >= 11 is 1.14. The molecule has 7 nitrogen and oxygen atoms in total. The largest absolute Gasteiger partial charge is 0.460 e. The molecule has 9 heteroatoms. The van der Waals surface area contributed by atoms with Crippen LogP contribution in [0.1, 0.15) is 12.8 Å². The standard InChI is InChI=1S/C17H17N4O3S2/c22-26(23,15-8-4-10-25-15)21-17-16(18-11-12-5-3-9-24-12)19-13-6-1-2-7-14(13)20-17/h1-2,4,6-8,10,12H,3,5,9,11H2,(H-,18,19,20,21)/q-1/t12-/m1/s1. The SMILES string of the molecule is O=S(=O)(Nc1nc2ccccc2nc1[N-]C[C@H]1CCCO1)c1cccs1. The van der Waals surface area contributed by atoms with Gasteiger partial charge in [-0.05, 0) is 48.2 Å². The van der Waals surface area contributed by atoms with E-state index in [1.165, 1.54) is 0 Å². The summed E-state index contributed by atoms with van der Waals surface area (Å²) in [7, 11) is -3.72. The molecule has 1 aromatic carbocycles. The average molecular weight is 389 g/mol. The zero-order chi connectivity index (χ0) is 18.0. The number of rotatable bonds is 6. The summed E-state index contributed by atoms with van der Waals surface area (Å²) < 4.78 is 33.5. The van der Waals surface area contributed by atoms with Crippen molar-refractivity contribution >= 4 is 44.0 Å². The van der Waals surface area contributed by atoms with Crippen LogP contribution in [-0.4, -0.2) is 37.6 Å². The van der Waals surface area contributed by atoms with Crippen LogP contribution in [-0.2, 0) is 14.8 Å². The second-order valence-corrected chi connectivity index (χ2v) is 8.75. The molecule has 0 unspecified atom stereocenters. The fourth-order valence-electron chi connectivity index (χ4n) is 2.74. The predicted molar refractivity (Wildman–Crippen MR) is 102 cm³/mol. The third-order valence-electron chi connectivity index (χ3n) is 4.01. The van der Waals surface area contributed by atoms with Crippen molar-refractivity contribution in [2.24, 2.45) is 0 Å². The Morgan fingerprint density at radius 3 is 2.69 bits per heavy atom. The topological polar surface area (TPSA) is 95.3 Å². The molecule has 1 aliphatic heterocycles. The van der Waals surface area contributed by atoms with E-state index in [4.69, 9.17) is 4.74 Å². The molecular weight excluding hydrogens is 372 g/mol. The molecule has 2 aromatic heterocycles. The first kappa shape index (κ1) is 17.2. The van der Waals surface area contributed by atoms with Crippen LogP contribution in [0.2, 0.25) is 0 Å². The summed E-state index contributed by atoms with van der Waals surface area (Å²) in [6.07, 6.45) is 2.01. The van der Waals surface area contributed by atoms with Crippen molar-refractivity contribution in [3.63, 3.8) is 0 Å². The summed E-state index contributed by atoms with van der Waals surface area (Å²) in [5.41, 5.74) is 1.27. The molecule has 0 radical (unpaired) electrons. The van der Waals surface area contributed by atoms with Crippen molar-refractivity contribution in [3.8, 4) is 0 Å². The minimum atomic E-state index is -3.72. The minimum Gasteiger partial charge on any atom is -0.460 e. The summed E-state index contributed by atoms with van der Waals surface area (Å²) in [4.78, 5) is 8.93.